The highest BCUT2D eigenvalue weighted by Gasteiger charge is 2.15. The Morgan fingerprint density at radius 2 is 1.76 bits per heavy atom. The van der Waals surface area contributed by atoms with E-state index >= 15 is 0 Å². The van der Waals surface area contributed by atoms with Gasteiger partial charge in [-0.2, -0.15) is 0 Å². The number of amides is 1. The van der Waals surface area contributed by atoms with Gasteiger partial charge in [-0.3, -0.25) is 9.10 Å². The van der Waals surface area contributed by atoms with Crippen LogP contribution in [0.5, 0.6) is 17.2 Å². The molecule has 0 unspecified atom stereocenters. The number of rotatable bonds is 10. The third-order valence-electron chi connectivity index (χ3n) is 4.09. The second-order valence-electron chi connectivity index (χ2n) is 6.30. The maximum atomic E-state index is 12.2. The summed E-state index contributed by atoms with van der Waals surface area (Å²) in [5, 5.41) is 2.74. The van der Waals surface area contributed by atoms with E-state index in [0.717, 1.165) is 10.6 Å². The summed E-state index contributed by atoms with van der Waals surface area (Å²) < 4.78 is 40.6. The lowest BCUT2D eigenvalue weighted by Gasteiger charge is -2.18. The molecular formula is C20H26N2O6S. The lowest BCUT2D eigenvalue weighted by atomic mass is 10.3. The van der Waals surface area contributed by atoms with Crippen molar-refractivity contribution in [1.82, 2.24) is 5.32 Å². The fourth-order valence-corrected chi connectivity index (χ4v) is 2.87. The zero-order valence-corrected chi connectivity index (χ0v) is 17.7. The number of methoxy groups -OCH3 is 1. The van der Waals surface area contributed by atoms with Crippen molar-refractivity contribution in [2.75, 3.05) is 37.9 Å². The van der Waals surface area contributed by atoms with E-state index in [1.807, 2.05) is 12.1 Å². The van der Waals surface area contributed by atoms with E-state index in [1.165, 1.54) is 7.05 Å². The van der Waals surface area contributed by atoms with Crippen LogP contribution in [0.1, 0.15) is 6.92 Å². The maximum absolute atomic E-state index is 12.2. The minimum absolute atomic E-state index is 0.281. The molecule has 2 aromatic carbocycles. The van der Waals surface area contributed by atoms with Crippen LogP contribution < -0.4 is 23.8 Å². The molecule has 2 rings (SSSR count). The van der Waals surface area contributed by atoms with E-state index in [2.05, 4.69) is 5.32 Å². The molecule has 1 atom stereocenters. The zero-order chi connectivity index (χ0) is 21.4. The van der Waals surface area contributed by atoms with Gasteiger partial charge in [0.1, 0.15) is 23.9 Å². The number of anilines is 1. The smallest absolute Gasteiger partial charge is 0.260 e. The number of ether oxygens (including phenoxy) is 3. The van der Waals surface area contributed by atoms with Crippen molar-refractivity contribution in [3.63, 3.8) is 0 Å². The highest BCUT2D eigenvalue weighted by Crippen LogP contribution is 2.21. The lowest BCUT2D eigenvalue weighted by molar-refractivity contribution is -0.127. The van der Waals surface area contributed by atoms with Crippen molar-refractivity contribution >= 4 is 21.6 Å². The van der Waals surface area contributed by atoms with Crippen molar-refractivity contribution < 1.29 is 27.4 Å². The minimum atomic E-state index is -3.33. The summed E-state index contributed by atoms with van der Waals surface area (Å²) in [6, 6.07) is 13.7. The van der Waals surface area contributed by atoms with Crippen LogP contribution in [0.4, 0.5) is 5.69 Å². The predicted octanol–water partition coefficient (Wildman–Crippen LogP) is 2.05. The topological polar surface area (TPSA) is 94.2 Å². The molecule has 1 amide bonds. The first-order chi connectivity index (χ1) is 13.7. The molecule has 0 spiro atoms. The Morgan fingerprint density at radius 3 is 2.38 bits per heavy atom. The molecule has 9 heteroatoms. The van der Waals surface area contributed by atoms with E-state index in [4.69, 9.17) is 14.2 Å². The third kappa shape index (κ3) is 6.86. The van der Waals surface area contributed by atoms with Crippen LogP contribution >= 0.6 is 0 Å². The molecule has 0 heterocycles. The predicted molar refractivity (Wildman–Crippen MR) is 111 cm³/mol. The number of hydrogen-bond donors (Lipinski definition) is 1. The molecule has 1 N–H and O–H groups in total. The largest absolute Gasteiger partial charge is 0.497 e. The number of hydrogen-bond acceptors (Lipinski definition) is 6. The van der Waals surface area contributed by atoms with E-state index < -0.39 is 16.1 Å². The van der Waals surface area contributed by atoms with Gasteiger partial charge in [0, 0.05) is 13.1 Å². The Labute approximate surface area is 171 Å². The Balaban J connectivity index is 1.78. The molecule has 29 heavy (non-hydrogen) atoms. The zero-order valence-electron chi connectivity index (χ0n) is 16.9. The van der Waals surface area contributed by atoms with Gasteiger partial charge in [-0.05, 0) is 43.3 Å². The van der Waals surface area contributed by atoms with Crippen molar-refractivity contribution in [3.8, 4) is 17.2 Å². The van der Waals surface area contributed by atoms with Crippen LogP contribution in [0.3, 0.4) is 0 Å². The van der Waals surface area contributed by atoms with Gasteiger partial charge in [0.15, 0.2) is 6.10 Å². The second kappa shape index (κ2) is 10.0. The Morgan fingerprint density at radius 1 is 1.10 bits per heavy atom. The standard InChI is InChI=1S/C20H26N2O6S/c1-15(28-17-10-8-16(9-11-17)22(2)29(4,24)25)20(23)21-12-13-27-19-7-5-6-18(14-19)26-3/h5-11,14-15H,12-13H2,1-4H3,(H,21,23)/t15-/m0/s1. The van der Waals surface area contributed by atoms with E-state index in [-0.39, 0.29) is 5.91 Å². The van der Waals surface area contributed by atoms with Gasteiger partial charge in [0.2, 0.25) is 10.0 Å². The lowest BCUT2D eigenvalue weighted by Crippen LogP contribution is -2.38. The number of carbonyl (C=O) groups is 1. The van der Waals surface area contributed by atoms with Gasteiger partial charge in [0.05, 0.1) is 25.6 Å². The number of benzene rings is 2. The average Bonchev–Trinajstić information content (AvgIpc) is 2.70. The second-order valence-corrected chi connectivity index (χ2v) is 8.32. The molecular weight excluding hydrogens is 396 g/mol. The first kappa shape index (κ1) is 22.4. The number of nitrogens with one attached hydrogen (secondary N) is 1. The van der Waals surface area contributed by atoms with Crippen LogP contribution in [-0.2, 0) is 14.8 Å². The van der Waals surface area contributed by atoms with Gasteiger partial charge in [-0.1, -0.05) is 6.07 Å². The average molecular weight is 423 g/mol. The Hall–Kier alpha value is -2.94. The van der Waals surface area contributed by atoms with Crippen molar-refractivity contribution in [2.45, 2.75) is 13.0 Å². The van der Waals surface area contributed by atoms with E-state index in [9.17, 15) is 13.2 Å². The number of sulfonamides is 1. The van der Waals surface area contributed by atoms with E-state index in [1.54, 1.807) is 50.4 Å². The quantitative estimate of drug-likeness (QED) is 0.589. The molecule has 0 bridgehead atoms. The molecule has 0 aliphatic rings. The molecule has 0 saturated carbocycles. The van der Waals surface area contributed by atoms with Crippen molar-refractivity contribution in [1.29, 1.82) is 0 Å². The summed E-state index contributed by atoms with van der Waals surface area (Å²) in [5.74, 6) is 1.53. The van der Waals surface area contributed by atoms with Crippen LogP contribution in [0.25, 0.3) is 0 Å². The SMILES string of the molecule is COc1cccc(OCCNC(=O)[C@H](C)Oc2ccc(N(C)S(C)(=O)=O)cc2)c1. The monoisotopic (exact) mass is 422 g/mol. The normalized spacial score (nSPS) is 12.0. The molecule has 0 aromatic heterocycles. The molecule has 0 fully saturated rings. The molecule has 0 saturated heterocycles. The molecule has 8 nitrogen and oxygen atoms in total. The summed E-state index contributed by atoms with van der Waals surface area (Å²) in [6.45, 7) is 2.26. The summed E-state index contributed by atoms with van der Waals surface area (Å²) in [5.41, 5.74) is 0.506. The van der Waals surface area contributed by atoms with Crippen LogP contribution in [-0.4, -0.2) is 54.0 Å². The Kier molecular flexibility index (Phi) is 7.72. The maximum Gasteiger partial charge on any atom is 0.260 e. The number of carbonyl (C=O) groups excluding carboxylic acids is 1. The van der Waals surface area contributed by atoms with Gasteiger partial charge < -0.3 is 19.5 Å². The molecule has 158 valence electrons. The number of nitrogens with zero attached hydrogens (tertiary/aromatic N) is 1. The van der Waals surface area contributed by atoms with Crippen molar-refractivity contribution in [2.24, 2.45) is 0 Å². The Bertz CT molecular complexity index is 915. The van der Waals surface area contributed by atoms with Gasteiger partial charge in [0.25, 0.3) is 5.91 Å². The summed E-state index contributed by atoms with van der Waals surface area (Å²) in [6.07, 6.45) is 0.410. The molecule has 0 aliphatic heterocycles. The van der Waals surface area contributed by atoms with Crippen LogP contribution in [0, 0.1) is 0 Å². The fraction of sp³-hybridized carbons (Fsp3) is 0.350. The minimum Gasteiger partial charge on any atom is -0.497 e. The third-order valence-corrected chi connectivity index (χ3v) is 5.30. The highest BCUT2D eigenvalue weighted by atomic mass is 32.2. The summed E-state index contributed by atoms with van der Waals surface area (Å²) in [7, 11) is -0.284. The summed E-state index contributed by atoms with van der Waals surface area (Å²) in [4.78, 5) is 12.2. The molecule has 0 aliphatic carbocycles. The van der Waals surface area contributed by atoms with Crippen LogP contribution in [0.15, 0.2) is 48.5 Å². The first-order valence-electron chi connectivity index (χ1n) is 8.96. The fourth-order valence-electron chi connectivity index (χ4n) is 2.36. The van der Waals surface area contributed by atoms with Crippen LogP contribution in [0.2, 0.25) is 0 Å². The highest BCUT2D eigenvalue weighted by molar-refractivity contribution is 7.92. The van der Waals surface area contributed by atoms with E-state index in [0.29, 0.717) is 36.1 Å². The van der Waals surface area contributed by atoms with Crippen molar-refractivity contribution in [3.05, 3.63) is 48.5 Å². The van der Waals surface area contributed by atoms with Gasteiger partial charge in [-0.25, -0.2) is 8.42 Å². The first-order valence-corrected chi connectivity index (χ1v) is 10.8. The summed E-state index contributed by atoms with van der Waals surface area (Å²) >= 11 is 0. The molecule has 2 aromatic rings. The molecule has 0 radical (unpaired) electrons. The van der Waals surface area contributed by atoms with Gasteiger partial charge in [-0.15, -0.1) is 0 Å². The van der Waals surface area contributed by atoms with Gasteiger partial charge >= 0.3 is 0 Å².